The molecule has 0 aromatic carbocycles. The standard InChI is InChI=1S/C16H26O5/c17-14(11-9-13-16(20)21)10-7-5-3-1-2-4-6-8-12-15(18)19/h5,7H,1-4,6,8-13H2,(H,18,19)(H,20,21)/b7-5+. The number of hydrogen-bond acceptors (Lipinski definition) is 3. The Morgan fingerprint density at radius 3 is 1.90 bits per heavy atom. The van der Waals surface area contributed by atoms with Gasteiger partial charge in [-0.05, 0) is 25.7 Å². The van der Waals surface area contributed by atoms with Gasteiger partial charge in [-0.15, -0.1) is 0 Å². The third-order valence-electron chi connectivity index (χ3n) is 3.12. The summed E-state index contributed by atoms with van der Waals surface area (Å²) in [4.78, 5) is 32.0. The van der Waals surface area contributed by atoms with E-state index in [2.05, 4.69) is 0 Å². The number of hydrogen-bond donors (Lipinski definition) is 2. The fraction of sp³-hybridized carbons (Fsp3) is 0.688. The van der Waals surface area contributed by atoms with E-state index in [0.29, 0.717) is 19.3 Å². The van der Waals surface area contributed by atoms with E-state index < -0.39 is 11.9 Å². The molecule has 0 aromatic heterocycles. The molecule has 0 heterocycles. The fourth-order valence-corrected chi connectivity index (χ4v) is 1.94. The van der Waals surface area contributed by atoms with E-state index in [1.807, 2.05) is 12.2 Å². The molecule has 0 aliphatic heterocycles. The Labute approximate surface area is 126 Å². The zero-order valence-corrected chi connectivity index (χ0v) is 12.6. The van der Waals surface area contributed by atoms with Crippen LogP contribution in [0.2, 0.25) is 0 Å². The molecule has 0 unspecified atom stereocenters. The van der Waals surface area contributed by atoms with Gasteiger partial charge >= 0.3 is 11.9 Å². The van der Waals surface area contributed by atoms with E-state index in [9.17, 15) is 14.4 Å². The second-order valence-corrected chi connectivity index (χ2v) is 5.16. The number of carboxylic acids is 2. The number of unbranched alkanes of at least 4 members (excludes halogenated alkanes) is 5. The Hall–Kier alpha value is -1.65. The van der Waals surface area contributed by atoms with Crippen LogP contribution in [0.1, 0.15) is 70.6 Å². The van der Waals surface area contributed by atoms with Crippen LogP contribution in [0.3, 0.4) is 0 Å². The highest BCUT2D eigenvalue weighted by Crippen LogP contribution is 2.08. The number of carboxylic acid groups (broad SMARTS) is 2. The van der Waals surface area contributed by atoms with Gasteiger partial charge in [0.15, 0.2) is 0 Å². The summed E-state index contributed by atoms with van der Waals surface area (Å²) in [6.45, 7) is 0. The molecule has 5 nitrogen and oxygen atoms in total. The van der Waals surface area contributed by atoms with Crippen LogP contribution >= 0.6 is 0 Å². The van der Waals surface area contributed by atoms with Crippen molar-refractivity contribution >= 4 is 17.7 Å². The van der Waals surface area contributed by atoms with Crippen LogP contribution in [0.5, 0.6) is 0 Å². The van der Waals surface area contributed by atoms with Crippen molar-refractivity contribution in [1.82, 2.24) is 0 Å². The molecule has 0 amide bonds. The van der Waals surface area contributed by atoms with Gasteiger partial charge in [-0.2, -0.15) is 0 Å². The maximum atomic E-state index is 11.4. The van der Waals surface area contributed by atoms with Gasteiger partial charge < -0.3 is 10.2 Å². The Kier molecular flexibility index (Phi) is 12.3. The van der Waals surface area contributed by atoms with Gasteiger partial charge in [0.05, 0.1) is 0 Å². The van der Waals surface area contributed by atoms with E-state index in [-0.39, 0.29) is 18.6 Å². The van der Waals surface area contributed by atoms with Crippen molar-refractivity contribution in [3.05, 3.63) is 12.2 Å². The highest BCUT2D eigenvalue weighted by Gasteiger charge is 2.02. The van der Waals surface area contributed by atoms with E-state index in [1.54, 1.807) is 0 Å². The molecule has 0 atom stereocenters. The zero-order chi connectivity index (χ0) is 15.9. The van der Waals surface area contributed by atoms with Gasteiger partial charge in [-0.25, -0.2) is 0 Å². The van der Waals surface area contributed by atoms with Crippen LogP contribution in [0, 0.1) is 0 Å². The molecule has 0 aliphatic rings. The van der Waals surface area contributed by atoms with Crippen LogP contribution in [0.15, 0.2) is 12.2 Å². The molecule has 0 aliphatic carbocycles. The topological polar surface area (TPSA) is 91.7 Å². The SMILES string of the molecule is O=C(O)CCCCCCC/C=C/CC(=O)CCCC(=O)O. The first kappa shape index (κ1) is 19.4. The van der Waals surface area contributed by atoms with Crippen LogP contribution in [-0.2, 0) is 14.4 Å². The minimum absolute atomic E-state index is 0.0529. The Balaban J connectivity index is 3.33. The molecule has 0 aromatic rings. The molecule has 0 bridgehead atoms. The number of carbonyl (C=O) groups is 3. The van der Waals surface area contributed by atoms with Crippen molar-refractivity contribution in [2.75, 3.05) is 0 Å². The van der Waals surface area contributed by atoms with Crippen LogP contribution in [0.4, 0.5) is 0 Å². The van der Waals surface area contributed by atoms with Crippen molar-refractivity contribution in [3.8, 4) is 0 Å². The lowest BCUT2D eigenvalue weighted by Gasteiger charge is -1.98. The van der Waals surface area contributed by atoms with Crippen molar-refractivity contribution in [2.24, 2.45) is 0 Å². The highest BCUT2D eigenvalue weighted by atomic mass is 16.4. The van der Waals surface area contributed by atoms with E-state index in [1.165, 1.54) is 0 Å². The summed E-state index contributed by atoms with van der Waals surface area (Å²) in [7, 11) is 0. The average molecular weight is 298 g/mol. The summed E-state index contributed by atoms with van der Waals surface area (Å²) < 4.78 is 0. The van der Waals surface area contributed by atoms with Crippen molar-refractivity contribution in [2.45, 2.75) is 70.6 Å². The van der Waals surface area contributed by atoms with Gasteiger partial charge in [0, 0.05) is 25.7 Å². The summed E-state index contributed by atoms with van der Waals surface area (Å²) in [5.74, 6) is -1.51. The number of carbonyl (C=O) groups excluding carboxylic acids is 1. The lowest BCUT2D eigenvalue weighted by atomic mass is 10.1. The number of rotatable bonds is 14. The van der Waals surface area contributed by atoms with Gasteiger partial charge in [0.25, 0.3) is 0 Å². The fourth-order valence-electron chi connectivity index (χ4n) is 1.94. The first-order valence-electron chi connectivity index (χ1n) is 7.62. The lowest BCUT2D eigenvalue weighted by Crippen LogP contribution is -1.99. The summed E-state index contributed by atoms with van der Waals surface area (Å²) in [5.41, 5.74) is 0. The van der Waals surface area contributed by atoms with Gasteiger partial charge in [0.1, 0.15) is 5.78 Å². The molecule has 2 N–H and O–H groups in total. The van der Waals surface area contributed by atoms with Crippen LogP contribution in [-0.4, -0.2) is 27.9 Å². The molecule has 0 fully saturated rings. The number of aliphatic carboxylic acids is 2. The number of Topliss-reactive ketones (excluding diaryl/α,β-unsaturated/α-hetero) is 1. The summed E-state index contributed by atoms with van der Waals surface area (Å²) >= 11 is 0. The van der Waals surface area contributed by atoms with E-state index in [0.717, 1.165) is 38.5 Å². The van der Waals surface area contributed by atoms with Crippen molar-refractivity contribution in [1.29, 1.82) is 0 Å². The Morgan fingerprint density at radius 1 is 0.667 bits per heavy atom. The van der Waals surface area contributed by atoms with Crippen LogP contribution < -0.4 is 0 Å². The molecular weight excluding hydrogens is 272 g/mol. The van der Waals surface area contributed by atoms with Crippen LogP contribution in [0.25, 0.3) is 0 Å². The minimum Gasteiger partial charge on any atom is -0.481 e. The van der Waals surface area contributed by atoms with E-state index in [4.69, 9.17) is 10.2 Å². The number of allylic oxidation sites excluding steroid dienone is 2. The lowest BCUT2D eigenvalue weighted by molar-refractivity contribution is -0.138. The van der Waals surface area contributed by atoms with Gasteiger partial charge in [0.2, 0.25) is 0 Å². The monoisotopic (exact) mass is 298 g/mol. The normalized spacial score (nSPS) is 10.9. The van der Waals surface area contributed by atoms with E-state index >= 15 is 0 Å². The first-order valence-corrected chi connectivity index (χ1v) is 7.62. The molecule has 0 spiro atoms. The summed E-state index contributed by atoms with van der Waals surface area (Å²) in [6.07, 6.45) is 11.1. The molecule has 0 saturated carbocycles. The van der Waals surface area contributed by atoms with Crippen molar-refractivity contribution in [3.63, 3.8) is 0 Å². The maximum absolute atomic E-state index is 11.4. The molecular formula is C16H26O5. The predicted octanol–water partition coefficient (Wildman–Crippen LogP) is 3.57. The first-order chi connectivity index (χ1) is 10.0. The maximum Gasteiger partial charge on any atom is 0.303 e. The zero-order valence-electron chi connectivity index (χ0n) is 12.6. The Bertz CT molecular complexity index is 347. The number of ketones is 1. The van der Waals surface area contributed by atoms with Gasteiger partial charge in [-0.1, -0.05) is 31.4 Å². The molecule has 0 rings (SSSR count). The second-order valence-electron chi connectivity index (χ2n) is 5.16. The molecule has 120 valence electrons. The predicted molar refractivity (Wildman–Crippen MR) is 80.2 cm³/mol. The largest absolute Gasteiger partial charge is 0.481 e. The van der Waals surface area contributed by atoms with Gasteiger partial charge in [-0.3, -0.25) is 14.4 Å². The second kappa shape index (κ2) is 13.3. The minimum atomic E-state index is -0.860. The third kappa shape index (κ3) is 16.3. The molecule has 21 heavy (non-hydrogen) atoms. The highest BCUT2D eigenvalue weighted by molar-refractivity contribution is 5.80. The summed E-state index contributed by atoms with van der Waals surface area (Å²) in [6, 6.07) is 0. The summed E-state index contributed by atoms with van der Waals surface area (Å²) in [5, 5.41) is 16.9. The quantitative estimate of drug-likeness (QED) is 0.378. The molecule has 0 radical (unpaired) electrons. The Morgan fingerprint density at radius 2 is 1.24 bits per heavy atom. The molecule has 5 heteroatoms. The third-order valence-corrected chi connectivity index (χ3v) is 3.12. The smallest absolute Gasteiger partial charge is 0.303 e. The average Bonchev–Trinajstić information content (AvgIpc) is 2.40. The van der Waals surface area contributed by atoms with Crippen molar-refractivity contribution < 1.29 is 24.6 Å². The molecule has 0 saturated heterocycles.